The molecule has 51 heavy (non-hydrogen) atoms. The Hall–Kier alpha value is -6.98. The van der Waals surface area contributed by atoms with E-state index in [0.717, 1.165) is 49.9 Å². The molecular formula is C46H29N5. The van der Waals surface area contributed by atoms with Crippen molar-refractivity contribution in [2.75, 3.05) is 0 Å². The van der Waals surface area contributed by atoms with Crippen molar-refractivity contribution in [2.45, 2.75) is 0 Å². The Morgan fingerprint density at radius 3 is 1.33 bits per heavy atom. The monoisotopic (exact) mass is 651 g/mol. The van der Waals surface area contributed by atoms with Crippen molar-refractivity contribution >= 4 is 38.2 Å². The summed E-state index contributed by atoms with van der Waals surface area (Å²) in [6.07, 6.45) is 2.11. The molecule has 0 aliphatic carbocycles. The predicted molar refractivity (Wildman–Crippen MR) is 208 cm³/mol. The van der Waals surface area contributed by atoms with E-state index in [1.54, 1.807) is 0 Å². The van der Waals surface area contributed by atoms with Gasteiger partial charge in [0.2, 0.25) is 0 Å². The second-order valence-electron chi connectivity index (χ2n) is 12.7. The summed E-state index contributed by atoms with van der Waals surface area (Å²) in [6, 6.07) is 59.0. The van der Waals surface area contributed by atoms with Crippen LogP contribution < -0.4 is 0 Å². The van der Waals surface area contributed by atoms with Crippen LogP contribution in [0.5, 0.6) is 0 Å². The maximum absolute atomic E-state index is 5.11. The Kier molecular flexibility index (Phi) is 6.74. The van der Waals surface area contributed by atoms with Gasteiger partial charge in [-0.1, -0.05) is 146 Å². The predicted octanol–water partition coefficient (Wildman–Crippen LogP) is 11.3. The molecule has 0 saturated heterocycles. The number of benzene rings is 7. The highest BCUT2D eigenvalue weighted by Gasteiger charge is 2.17. The van der Waals surface area contributed by atoms with E-state index < -0.39 is 0 Å². The zero-order valence-corrected chi connectivity index (χ0v) is 27.5. The van der Waals surface area contributed by atoms with E-state index >= 15 is 0 Å². The van der Waals surface area contributed by atoms with Crippen molar-refractivity contribution in [1.82, 2.24) is 24.3 Å². The second-order valence-corrected chi connectivity index (χ2v) is 12.7. The maximum Gasteiger partial charge on any atom is 0.164 e. The molecule has 7 aromatic carbocycles. The number of aromatic nitrogens is 5. The fourth-order valence-corrected chi connectivity index (χ4v) is 7.13. The fraction of sp³-hybridized carbons (Fsp3) is 0. The molecule has 10 aromatic rings. The summed E-state index contributed by atoms with van der Waals surface area (Å²) in [5.74, 6) is 1.94. The average molecular weight is 652 g/mol. The highest BCUT2D eigenvalue weighted by Crippen LogP contribution is 2.39. The van der Waals surface area contributed by atoms with E-state index in [2.05, 4.69) is 114 Å². The third-order valence-electron chi connectivity index (χ3n) is 9.65. The number of nitrogens with zero attached hydrogens (tertiary/aromatic N) is 5. The Balaban J connectivity index is 1.12. The quantitative estimate of drug-likeness (QED) is 0.174. The number of imidazole rings is 1. The molecule has 3 heterocycles. The van der Waals surface area contributed by atoms with Gasteiger partial charge in [0.25, 0.3) is 0 Å². The topological polar surface area (TPSA) is 56.0 Å². The number of hydrogen-bond acceptors (Lipinski definition) is 4. The van der Waals surface area contributed by atoms with Gasteiger partial charge in [0.1, 0.15) is 5.65 Å². The Morgan fingerprint density at radius 1 is 0.314 bits per heavy atom. The second kappa shape index (κ2) is 11.9. The van der Waals surface area contributed by atoms with Gasteiger partial charge in [-0.05, 0) is 57.3 Å². The van der Waals surface area contributed by atoms with Gasteiger partial charge >= 0.3 is 0 Å². The summed E-state index contributed by atoms with van der Waals surface area (Å²) in [5.41, 5.74) is 10.6. The lowest BCUT2D eigenvalue weighted by molar-refractivity contribution is 1.07. The normalized spacial score (nSPS) is 11.5. The molecule has 0 amide bonds. The first kappa shape index (κ1) is 29.0. The van der Waals surface area contributed by atoms with Crippen LogP contribution in [0.15, 0.2) is 176 Å². The van der Waals surface area contributed by atoms with Crippen LogP contribution in [0.1, 0.15) is 0 Å². The summed E-state index contributed by atoms with van der Waals surface area (Å²) >= 11 is 0. The number of hydrogen-bond donors (Lipinski definition) is 0. The van der Waals surface area contributed by atoms with Crippen LogP contribution in [-0.4, -0.2) is 24.3 Å². The van der Waals surface area contributed by atoms with Gasteiger partial charge in [0.05, 0.1) is 11.0 Å². The Morgan fingerprint density at radius 2 is 0.745 bits per heavy atom. The summed E-state index contributed by atoms with van der Waals surface area (Å²) < 4.78 is 2.21. The minimum Gasteiger partial charge on any atom is -0.299 e. The largest absolute Gasteiger partial charge is 0.299 e. The van der Waals surface area contributed by atoms with E-state index in [1.165, 1.54) is 27.3 Å². The van der Waals surface area contributed by atoms with Crippen molar-refractivity contribution in [2.24, 2.45) is 0 Å². The number of fused-ring (bicyclic) bond motifs is 8. The molecule has 0 aliphatic rings. The van der Waals surface area contributed by atoms with Gasteiger partial charge in [-0.2, -0.15) is 0 Å². The lowest BCUT2D eigenvalue weighted by Gasteiger charge is -2.12. The Bertz CT molecular complexity index is 2820. The van der Waals surface area contributed by atoms with Crippen LogP contribution in [0, 0.1) is 0 Å². The van der Waals surface area contributed by atoms with E-state index in [-0.39, 0.29) is 0 Å². The smallest absolute Gasteiger partial charge is 0.164 e. The number of rotatable bonds is 5. The molecule has 0 bridgehead atoms. The third-order valence-corrected chi connectivity index (χ3v) is 9.65. The molecule has 0 atom stereocenters. The van der Waals surface area contributed by atoms with E-state index in [4.69, 9.17) is 19.9 Å². The molecular weight excluding hydrogens is 623 g/mol. The highest BCUT2D eigenvalue weighted by atomic mass is 15.0. The molecule has 0 aliphatic heterocycles. The van der Waals surface area contributed by atoms with Gasteiger partial charge in [-0.15, -0.1) is 0 Å². The first-order chi connectivity index (χ1) is 25.3. The van der Waals surface area contributed by atoms with E-state index in [1.807, 2.05) is 66.7 Å². The van der Waals surface area contributed by atoms with E-state index in [0.29, 0.717) is 17.5 Å². The summed E-state index contributed by atoms with van der Waals surface area (Å²) in [5, 5.41) is 4.70. The van der Waals surface area contributed by atoms with Gasteiger partial charge in [0, 0.05) is 33.7 Å². The molecule has 3 aromatic heterocycles. The molecule has 238 valence electrons. The summed E-state index contributed by atoms with van der Waals surface area (Å²) in [4.78, 5) is 19.8. The van der Waals surface area contributed by atoms with Crippen LogP contribution in [0.3, 0.4) is 0 Å². The van der Waals surface area contributed by atoms with Crippen molar-refractivity contribution in [3.05, 3.63) is 176 Å². The lowest BCUT2D eigenvalue weighted by Crippen LogP contribution is -2.00. The van der Waals surface area contributed by atoms with Crippen molar-refractivity contribution < 1.29 is 0 Å². The molecule has 0 spiro atoms. The van der Waals surface area contributed by atoms with Crippen LogP contribution in [0.4, 0.5) is 0 Å². The van der Waals surface area contributed by atoms with Gasteiger partial charge < -0.3 is 0 Å². The van der Waals surface area contributed by atoms with Gasteiger partial charge in [0.15, 0.2) is 17.5 Å². The minimum absolute atomic E-state index is 0.641. The zero-order valence-electron chi connectivity index (χ0n) is 27.5. The SMILES string of the molecule is c1ccc(-c2ccc3c(c2)c2cc(-c4ccc(-c5nc(-c6ccccc6)nc(-c6ccccc6)n5)cc4)ccc2c2c3nc3ccccn32)cc1. The molecule has 0 unspecified atom stereocenters. The van der Waals surface area contributed by atoms with Crippen LogP contribution in [0.2, 0.25) is 0 Å². The molecule has 10 rings (SSSR count). The molecule has 5 heteroatoms. The summed E-state index contributed by atoms with van der Waals surface area (Å²) in [7, 11) is 0. The molecule has 0 fully saturated rings. The standard InChI is InChI=1S/C46H29N5/c1-4-12-30(13-5-1)35-23-25-37-39(28-35)40-29-36(24-26-38(40)43-42(37)47-41-18-10-11-27-51(41)43)31-19-21-34(22-20-31)46-49-44(32-14-6-2-7-15-32)48-45(50-46)33-16-8-3-9-17-33/h1-29H. The molecule has 0 N–H and O–H groups in total. The lowest BCUT2D eigenvalue weighted by atomic mass is 9.93. The third kappa shape index (κ3) is 5.03. The average Bonchev–Trinajstić information content (AvgIpc) is 3.61. The van der Waals surface area contributed by atoms with Gasteiger partial charge in [-0.3, -0.25) is 4.40 Å². The Labute approximate surface area is 294 Å². The molecule has 0 saturated carbocycles. The molecule has 5 nitrogen and oxygen atoms in total. The maximum atomic E-state index is 5.11. The first-order valence-corrected chi connectivity index (χ1v) is 17.1. The van der Waals surface area contributed by atoms with E-state index in [9.17, 15) is 0 Å². The zero-order chi connectivity index (χ0) is 33.7. The van der Waals surface area contributed by atoms with Crippen LogP contribution >= 0.6 is 0 Å². The van der Waals surface area contributed by atoms with Crippen molar-refractivity contribution in [3.8, 4) is 56.4 Å². The summed E-state index contributed by atoms with van der Waals surface area (Å²) in [6.45, 7) is 0. The van der Waals surface area contributed by atoms with Crippen molar-refractivity contribution in [3.63, 3.8) is 0 Å². The molecule has 0 radical (unpaired) electrons. The highest BCUT2D eigenvalue weighted by molar-refractivity contribution is 6.25. The minimum atomic E-state index is 0.641. The van der Waals surface area contributed by atoms with Gasteiger partial charge in [-0.25, -0.2) is 19.9 Å². The van der Waals surface area contributed by atoms with Crippen molar-refractivity contribution in [1.29, 1.82) is 0 Å². The number of pyridine rings is 1. The fourth-order valence-electron chi connectivity index (χ4n) is 7.13. The van der Waals surface area contributed by atoms with Crippen LogP contribution in [0.25, 0.3) is 94.6 Å². The first-order valence-electron chi connectivity index (χ1n) is 17.1. The van der Waals surface area contributed by atoms with Crippen LogP contribution in [-0.2, 0) is 0 Å².